The highest BCUT2D eigenvalue weighted by molar-refractivity contribution is 7.90. The van der Waals surface area contributed by atoms with Crippen LogP contribution in [0.25, 0.3) is 0 Å². The molecule has 0 saturated carbocycles. The fraction of sp³-hybridized carbons (Fsp3) is 0.0909. The van der Waals surface area contributed by atoms with Gasteiger partial charge in [0, 0.05) is 18.4 Å². The second-order valence-electron chi connectivity index (χ2n) is 3.47. The van der Waals surface area contributed by atoms with Gasteiger partial charge in [-0.05, 0) is 24.3 Å². The molecule has 1 aromatic carbocycles. The van der Waals surface area contributed by atoms with Gasteiger partial charge in [-0.3, -0.25) is 0 Å². The zero-order chi connectivity index (χ0) is 12.5. The van der Waals surface area contributed by atoms with E-state index in [1.54, 1.807) is 12.1 Å². The summed E-state index contributed by atoms with van der Waals surface area (Å²) >= 11 is 0. The molecule has 0 aliphatic carbocycles. The van der Waals surface area contributed by atoms with Crippen LogP contribution in [-0.4, -0.2) is 26.5 Å². The molecule has 0 fully saturated rings. The third-order valence-electron chi connectivity index (χ3n) is 2.07. The van der Waals surface area contributed by atoms with Crippen molar-refractivity contribution < 1.29 is 17.9 Å². The number of nitrogens with zero attached hydrogens (tertiary/aromatic N) is 1. The summed E-state index contributed by atoms with van der Waals surface area (Å²) in [6.45, 7) is 0. The molecule has 1 aromatic rings. The SMILES string of the molecule is CS(=O)(=O)c1ccc(N=C2C=CC(=O)O2)cc1. The minimum Gasteiger partial charge on any atom is -0.404 e. The number of ether oxygens (including phenoxy) is 1. The number of cyclic esters (lactones) is 1. The maximum Gasteiger partial charge on any atom is 0.337 e. The van der Waals surface area contributed by atoms with Crippen molar-refractivity contribution in [1.82, 2.24) is 0 Å². The van der Waals surface area contributed by atoms with Crippen LogP contribution in [0.3, 0.4) is 0 Å². The molecule has 0 amide bonds. The Morgan fingerprint density at radius 3 is 2.24 bits per heavy atom. The van der Waals surface area contributed by atoms with Gasteiger partial charge in [0.15, 0.2) is 9.84 Å². The topological polar surface area (TPSA) is 72.8 Å². The Morgan fingerprint density at radius 2 is 1.76 bits per heavy atom. The van der Waals surface area contributed by atoms with E-state index in [4.69, 9.17) is 4.74 Å². The van der Waals surface area contributed by atoms with Gasteiger partial charge in [0.2, 0.25) is 5.90 Å². The molecule has 0 saturated heterocycles. The van der Waals surface area contributed by atoms with Crippen LogP contribution in [0.5, 0.6) is 0 Å². The molecule has 0 N–H and O–H groups in total. The molecule has 0 aromatic heterocycles. The summed E-state index contributed by atoms with van der Waals surface area (Å²) in [5, 5.41) is 0. The number of esters is 1. The van der Waals surface area contributed by atoms with E-state index in [0.717, 1.165) is 6.26 Å². The van der Waals surface area contributed by atoms with Gasteiger partial charge < -0.3 is 4.74 Å². The molecular weight excluding hydrogens is 242 g/mol. The fourth-order valence-electron chi connectivity index (χ4n) is 1.27. The number of aliphatic imine (C=N–C) groups is 1. The molecule has 6 heteroatoms. The molecule has 0 spiro atoms. The van der Waals surface area contributed by atoms with Crippen molar-refractivity contribution in [1.29, 1.82) is 0 Å². The van der Waals surface area contributed by atoms with Crippen molar-refractivity contribution in [3.8, 4) is 0 Å². The van der Waals surface area contributed by atoms with Crippen LogP contribution in [0.1, 0.15) is 0 Å². The summed E-state index contributed by atoms with van der Waals surface area (Å²) in [7, 11) is -3.20. The Morgan fingerprint density at radius 1 is 1.12 bits per heavy atom. The summed E-state index contributed by atoms with van der Waals surface area (Å²) in [6.07, 6.45) is 3.85. The lowest BCUT2D eigenvalue weighted by molar-refractivity contribution is -0.129. The highest BCUT2D eigenvalue weighted by atomic mass is 32.2. The predicted octanol–water partition coefficient (Wildman–Crippen LogP) is 1.23. The molecule has 2 rings (SSSR count). The van der Waals surface area contributed by atoms with Gasteiger partial charge in [0.1, 0.15) is 0 Å². The first-order valence-corrected chi connectivity index (χ1v) is 6.63. The van der Waals surface area contributed by atoms with Crippen molar-refractivity contribution in [2.75, 3.05) is 6.26 Å². The first kappa shape index (κ1) is 11.5. The Balaban J connectivity index is 2.26. The van der Waals surface area contributed by atoms with Gasteiger partial charge in [-0.2, -0.15) is 0 Å². The van der Waals surface area contributed by atoms with Crippen LogP contribution in [0.4, 0.5) is 5.69 Å². The van der Waals surface area contributed by atoms with Gasteiger partial charge in [-0.15, -0.1) is 0 Å². The smallest absolute Gasteiger partial charge is 0.337 e. The van der Waals surface area contributed by atoms with E-state index in [1.165, 1.54) is 24.3 Å². The van der Waals surface area contributed by atoms with E-state index < -0.39 is 15.8 Å². The average Bonchev–Trinajstić information content (AvgIpc) is 2.63. The number of benzene rings is 1. The molecule has 0 atom stereocenters. The number of rotatable bonds is 2. The first-order valence-electron chi connectivity index (χ1n) is 4.74. The van der Waals surface area contributed by atoms with Crippen molar-refractivity contribution in [2.45, 2.75) is 4.90 Å². The zero-order valence-corrected chi connectivity index (χ0v) is 9.77. The third kappa shape index (κ3) is 2.79. The predicted molar refractivity (Wildman–Crippen MR) is 61.9 cm³/mol. The molecule has 17 heavy (non-hydrogen) atoms. The summed E-state index contributed by atoms with van der Waals surface area (Å²) in [5.41, 5.74) is 0.520. The van der Waals surface area contributed by atoms with Crippen LogP contribution in [0.2, 0.25) is 0 Å². The molecule has 1 aliphatic heterocycles. The number of sulfone groups is 1. The van der Waals surface area contributed by atoms with Crippen LogP contribution in [0, 0.1) is 0 Å². The highest BCUT2D eigenvalue weighted by Gasteiger charge is 2.11. The van der Waals surface area contributed by atoms with Gasteiger partial charge in [-0.1, -0.05) is 0 Å². The fourth-order valence-corrected chi connectivity index (χ4v) is 1.90. The summed E-state index contributed by atoms with van der Waals surface area (Å²) in [4.78, 5) is 15.0. The number of carbonyl (C=O) groups excluding carboxylic acids is 1. The summed E-state index contributed by atoms with van der Waals surface area (Å²) in [6, 6.07) is 6.00. The van der Waals surface area contributed by atoms with Crippen molar-refractivity contribution in [2.24, 2.45) is 4.99 Å². The summed E-state index contributed by atoms with van der Waals surface area (Å²) in [5.74, 6) is -0.265. The van der Waals surface area contributed by atoms with Crippen molar-refractivity contribution in [3.05, 3.63) is 36.4 Å². The lowest BCUT2D eigenvalue weighted by atomic mass is 10.3. The highest BCUT2D eigenvalue weighted by Crippen LogP contribution is 2.17. The van der Waals surface area contributed by atoms with Crippen LogP contribution >= 0.6 is 0 Å². The van der Waals surface area contributed by atoms with E-state index in [2.05, 4.69) is 4.99 Å². The monoisotopic (exact) mass is 251 g/mol. The van der Waals surface area contributed by atoms with Crippen molar-refractivity contribution in [3.63, 3.8) is 0 Å². The Kier molecular flexibility index (Phi) is 2.81. The Bertz CT molecular complexity index is 611. The van der Waals surface area contributed by atoms with E-state index in [9.17, 15) is 13.2 Å². The quantitative estimate of drug-likeness (QED) is 0.741. The molecule has 0 bridgehead atoms. The molecule has 0 unspecified atom stereocenters. The maximum absolute atomic E-state index is 11.2. The second-order valence-corrected chi connectivity index (χ2v) is 5.49. The van der Waals surface area contributed by atoms with Gasteiger partial charge in [0.05, 0.1) is 10.6 Å². The minimum absolute atomic E-state index is 0.196. The normalized spacial score (nSPS) is 17.5. The largest absolute Gasteiger partial charge is 0.404 e. The molecular formula is C11H9NO4S. The minimum atomic E-state index is -3.20. The number of hydrogen-bond acceptors (Lipinski definition) is 5. The van der Waals surface area contributed by atoms with Crippen LogP contribution in [-0.2, 0) is 19.4 Å². The van der Waals surface area contributed by atoms with Crippen LogP contribution in [0.15, 0.2) is 46.3 Å². The molecule has 1 aliphatic rings. The molecule has 1 heterocycles. The Hall–Kier alpha value is -1.95. The lowest BCUT2D eigenvalue weighted by Gasteiger charge is -1.99. The standard InChI is InChI=1S/C11H9NO4S/c1-17(14,15)9-4-2-8(3-5-9)12-10-6-7-11(13)16-10/h2-7H,1H3. The van der Waals surface area contributed by atoms with E-state index in [1.807, 2.05) is 0 Å². The number of hydrogen-bond donors (Lipinski definition) is 0. The van der Waals surface area contributed by atoms with Gasteiger partial charge >= 0.3 is 5.97 Å². The molecule has 88 valence electrons. The number of carbonyl (C=O) groups is 1. The van der Waals surface area contributed by atoms with Crippen LogP contribution < -0.4 is 0 Å². The average molecular weight is 251 g/mol. The van der Waals surface area contributed by atoms with E-state index in [-0.39, 0.29) is 10.8 Å². The molecule has 0 radical (unpaired) electrons. The Labute approximate surface area is 98.4 Å². The summed E-state index contributed by atoms with van der Waals surface area (Å²) < 4.78 is 27.2. The van der Waals surface area contributed by atoms with E-state index >= 15 is 0 Å². The zero-order valence-electron chi connectivity index (χ0n) is 8.95. The lowest BCUT2D eigenvalue weighted by Crippen LogP contribution is -1.98. The maximum atomic E-state index is 11.2. The third-order valence-corrected chi connectivity index (χ3v) is 3.20. The van der Waals surface area contributed by atoms with E-state index in [0.29, 0.717) is 5.69 Å². The van der Waals surface area contributed by atoms with Gasteiger partial charge in [-0.25, -0.2) is 18.2 Å². The van der Waals surface area contributed by atoms with Crippen molar-refractivity contribution >= 4 is 27.4 Å². The first-order chi connectivity index (χ1) is 7.95. The molecule has 5 nitrogen and oxygen atoms in total. The second kappa shape index (κ2) is 4.14. The van der Waals surface area contributed by atoms with Gasteiger partial charge in [0.25, 0.3) is 0 Å².